The number of rotatable bonds is 12. The molecule has 0 saturated heterocycles. The molecule has 1 fully saturated rings. The Hall–Kier alpha value is -1.91. The summed E-state index contributed by atoms with van der Waals surface area (Å²) < 4.78 is 0. The van der Waals surface area contributed by atoms with Crippen molar-refractivity contribution in [2.75, 3.05) is 13.2 Å². The molecule has 31 heavy (non-hydrogen) atoms. The Morgan fingerprint density at radius 2 is 2.10 bits per heavy atom. The van der Waals surface area contributed by atoms with Crippen LogP contribution in [0.2, 0.25) is 0 Å². The summed E-state index contributed by atoms with van der Waals surface area (Å²) in [7, 11) is 0. The van der Waals surface area contributed by atoms with Gasteiger partial charge in [-0.3, -0.25) is 4.79 Å². The van der Waals surface area contributed by atoms with Crippen molar-refractivity contribution in [3.63, 3.8) is 0 Å². The van der Waals surface area contributed by atoms with Crippen molar-refractivity contribution in [2.24, 2.45) is 17.8 Å². The lowest BCUT2D eigenvalue weighted by atomic mass is 9.88. The highest BCUT2D eigenvalue weighted by atomic mass is 16.3. The van der Waals surface area contributed by atoms with Crippen LogP contribution >= 0.6 is 0 Å². The highest BCUT2D eigenvalue weighted by molar-refractivity contribution is 5.75. The maximum Gasteiger partial charge on any atom is 0.219 e. The Balaban J connectivity index is 1.37. The van der Waals surface area contributed by atoms with Crippen LogP contribution in [0.15, 0.2) is 48.1 Å². The average Bonchev–Trinajstić information content (AvgIpc) is 3.25. The normalized spacial score (nSPS) is 25.1. The van der Waals surface area contributed by atoms with E-state index in [9.17, 15) is 9.90 Å². The van der Waals surface area contributed by atoms with Crippen LogP contribution in [0.25, 0.3) is 0 Å². The van der Waals surface area contributed by atoms with Crippen molar-refractivity contribution in [2.45, 2.75) is 70.8 Å². The molecule has 1 saturated carbocycles. The van der Waals surface area contributed by atoms with Crippen LogP contribution < -0.4 is 5.32 Å². The summed E-state index contributed by atoms with van der Waals surface area (Å²) in [6.45, 7) is 2.81. The summed E-state index contributed by atoms with van der Waals surface area (Å²) in [6.07, 6.45) is 15.0. The number of aryl methyl sites for hydroxylation is 2. The summed E-state index contributed by atoms with van der Waals surface area (Å²) in [4.78, 5) is 11.7. The lowest BCUT2D eigenvalue weighted by molar-refractivity contribution is -0.121. The van der Waals surface area contributed by atoms with Gasteiger partial charge in [0.05, 0.1) is 6.10 Å². The molecule has 1 amide bonds. The molecule has 0 radical (unpaired) electrons. The van der Waals surface area contributed by atoms with Crippen molar-refractivity contribution in [1.29, 1.82) is 0 Å². The van der Waals surface area contributed by atoms with Gasteiger partial charge in [0.15, 0.2) is 0 Å². The molecule has 2 aliphatic carbocycles. The molecule has 4 nitrogen and oxygen atoms in total. The van der Waals surface area contributed by atoms with Crippen LogP contribution in [-0.4, -0.2) is 35.4 Å². The van der Waals surface area contributed by atoms with E-state index in [-0.39, 0.29) is 24.5 Å². The molecule has 2 aliphatic rings. The fourth-order valence-electron chi connectivity index (χ4n) is 5.19. The number of amides is 1. The Kier molecular flexibility index (Phi) is 9.35. The number of benzene rings is 1. The van der Waals surface area contributed by atoms with Gasteiger partial charge in [-0.15, -0.1) is 0 Å². The molecule has 4 heteroatoms. The molecule has 0 unspecified atom stereocenters. The van der Waals surface area contributed by atoms with Crippen molar-refractivity contribution in [1.82, 2.24) is 5.32 Å². The third kappa shape index (κ3) is 7.33. The molecule has 0 aliphatic heterocycles. The highest BCUT2D eigenvalue weighted by Gasteiger charge is 2.43. The summed E-state index contributed by atoms with van der Waals surface area (Å²) in [5, 5.41) is 22.2. The first-order valence-electron chi connectivity index (χ1n) is 12.0. The van der Waals surface area contributed by atoms with Gasteiger partial charge in [-0.1, -0.05) is 53.6 Å². The second-order valence-corrected chi connectivity index (χ2v) is 9.33. The van der Waals surface area contributed by atoms with E-state index in [1.54, 1.807) is 0 Å². The summed E-state index contributed by atoms with van der Waals surface area (Å²) in [5.41, 5.74) is 4.20. The maximum atomic E-state index is 11.7. The predicted octanol–water partition coefficient (Wildman–Crippen LogP) is 4.49. The summed E-state index contributed by atoms with van der Waals surface area (Å²) >= 11 is 0. The number of aliphatic hydroxyl groups excluding tert-OH is 2. The topological polar surface area (TPSA) is 69.6 Å². The zero-order valence-electron chi connectivity index (χ0n) is 18.9. The number of aliphatic hydroxyl groups is 2. The van der Waals surface area contributed by atoms with Crippen LogP contribution in [0.5, 0.6) is 0 Å². The number of hydrogen-bond acceptors (Lipinski definition) is 3. The van der Waals surface area contributed by atoms with Crippen molar-refractivity contribution < 1.29 is 15.0 Å². The molecule has 3 N–H and O–H groups in total. The van der Waals surface area contributed by atoms with E-state index in [4.69, 9.17) is 5.11 Å². The van der Waals surface area contributed by atoms with Gasteiger partial charge >= 0.3 is 0 Å². The average molecular weight is 426 g/mol. The minimum atomic E-state index is -0.217. The van der Waals surface area contributed by atoms with Gasteiger partial charge in [0, 0.05) is 25.5 Å². The molecule has 3 rings (SSSR count). The highest BCUT2D eigenvalue weighted by Crippen LogP contribution is 2.48. The van der Waals surface area contributed by atoms with Crippen LogP contribution in [0.1, 0.15) is 62.5 Å². The van der Waals surface area contributed by atoms with E-state index < -0.39 is 0 Å². The molecule has 0 spiro atoms. The fourth-order valence-corrected chi connectivity index (χ4v) is 5.19. The first-order chi connectivity index (χ1) is 15.1. The first kappa shape index (κ1) is 23.7. The smallest absolute Gasteiger partial charge is 0.219 e. The van der Waals surface area contributed by atoms with Crippen LogP contribution in [0.4, 0.5) is 0 Å². The Bertz CT molecular complexity index is 769. The lowest BCUT2D eigenvalue weighted by Gasteiger charge is -2.18. The molecule has 0 bridgehead atoms. The number of nitrogens with one attached hydrogen (secondary N) is 1. The maximum absolute atomic E-state index is 11.7. The molecule has 170 valence electrons. The quantitative estimate of drug-likeness (QED) is 0.341. The van der Waals surface area contributed by atoms with E-state index in [0.29, 0.717) is 31.2 Å². The molecular weight excluding hydrogens is 386 g/mol. The van der Waals surface area contributed by atoms with Crippen LogP contribution in [0, 0.1) is 24.7 Å². The summed E-state index contributed by atoms with van der Waals surface area (Å²) in [5.74, 6) is 1.42. The van der Waals surface area contributed by atoms with Crippen molar-refractivity contribution in [3.05, 3.63) is 59.2 Å². The molecule has 4 atom stereocenters. The minimum Gasteiger partial charge on any atom is -0.396 e. The molecule has 0 heterocycles. The number of unbranched alkanes of at least 4 members (excludes halogenated alkanes) is 1. The molecule has 1 aromatic carbocycles. The number of carbonyl (C=O) groups is 1. The van der Waals surface area contributed by atoms with Crippen molar-refractivity contribution in [3.8, 4) is 0 Å². The van der Waals surface area contributed by atoms with E-state index >= 15 is 0 Å². The van der Waals surface area contributed by atoms with E-state index in [0.717, 1.165) is 44.9 Å². The SMILES string of the molecule is Cc1cccc(CC/C=C/[C@@H]2[C@H]3CC(CCCCC(=O)NCCCO)=C[C@H]3C[C@H]2O)c1. The zero-order chi connectivity index (χ0) is 22.1. The van der Waals surface area contributed by atoms with Gasteiger partial charge < -0.3 is 15.5 Å². The lowest BCUT2D eigenvalue weighted by Crippen LogP contribution is -2.24. The largest absolute Gasteiger partial charge is 0.396 e. The van der Waals surface area contributed by atoms with E-state index in [1.807, 2.05) is 0 Å². The van der Waals surface area contributed by atoms with Gasteiger partial charge in [-0.2, -0.15) is 0 Å². The zero-order valence-corrected chi connectivity index (χ0v) is 18.9. The number of fused-ring (bicyclic) bond motifs is 1. The molecule has 1 aromatic rings. The third-order valence-corrected chi connectivity index (χ3v) is 6.80. The van der Waals surface area contributed by atoms with Gasteiger partial charge in [0.1, 0.15) is 0 Å². The molecule has 0 aromatic heterocycles. The number of carbonyl (C=O) groups excluding carboxylic acids is 1. The minimum absolute atomic E-state index is 0.0877. The molecular formula is C27H39NO3. The van der Waals surface area contributed by atoms with Crippen LogP contribution in [0.3, 0.4) is 0 Å². The second-order valence-electron chi connectivity index (χ2n) is 9.33. The van der Waals surface area contributed by atoms with E-state index in [1.165, 1.54) is 16.7 Å². The van der Waals surface area contributed by atoms with Gasteiger partial charge in [0.2, 0.25) is 5.91 Å². The van der Waals surface area contributed by atoms with Gasteiger partial charge in [-0.05, 0) is 75.7 Å². The Labute approximate surface area is 187 Å². The third-order valence-electron chi connectivity index (χ3n) is 6.80. The predicted molar refractivity (Wildman–Crippen MR) is 126 cm³/mol. The standard InChI is InChI=1S/C27H39NO3/c1-20-8-6-11-21(16-20)9-2-4-12-24-25-18-22(17-23(25)19-26(24)30)10-3-5-13-27(31)28-14-7-15-29/h4,6,8,11-12,16-17,23-26,29-30H,2-3,5,7,9-10,13-15,18-19H2,1H3,(H,28,31)/b12-4+/t23-,24+,25-,26+/m0/s1. The van der Waals surface area contributed by atoms with Crippen molar-refractivity contribution >= 4 is 5.91 Å². The van der Waals surface area contributed by atoms with E-state index in [2.05, 4.69) is 54.7 Å². The van der Waals surface area contributed by atoms with Crippen LogP contribution in [-0.2, 0) is 11.2 Å². The summed E-state index contributed by atoms with van der Waals surface area (Å²) in [6, 6.07) is 8.69. The first-order valence-corrected chi connectivity index (χ1v) is 12.0. The Morgan fingerprint density at radius 3 is 2.90 bits per heavy atom. The van der Waals surface area contributed by atoms with Gasteiger partial charge in [0.25, 0.3) is 0 Å². The van der Waals surface area contributed by atoms with Gasteiger partial charge in [-0.25, -0.2) is 0 Å². The fraction of sp³-hybridized carbons (Fsp3) is 0.593. The number of allylic oxidation sites excluding steroid dienone is 3. The monoisotopic (exact) mass is 425 g/mol. The number of hydrogen-bond donors (Lipinski definition) is 3. The Morgan fingerprint density at radius 1 is 1.23 bits per heavy atom. The second kappa shape index (κ2) is 12.2.